The van der Waals surface area contributed by atoms with Gasteiger partial charge in [0.25, 0.3) is 0 Å². The van der Waals surface area contributed by atoms with Gasteiger partial charge in [-0.25, -0.2) is 0 Å². The number of ether oxygens (including phenoxy) is 1. The quantitative estimate of drug-likeness (QED) is 0.785. The van der Waals surface area contributed by atoms with Gasteiger partial charge in [0.05, 0.1) is 6.61 Å². The van der Waals surface area contributed by atoms with E-state index < -0.39 is 0 Å². The summed E-state index contributed by atoms with van der Waals surface area (Å²) >= 11 is 0. The first-order chi connectivity index (χ1) is 9.05. The molecule has 0 spiro atoms. The minimum absolute atomic E-state index is 0.193. The molecule has 1 saturated carbocycles. The average molecular weight is 265 g/mol. The van der Waals surface area contributed by atoms with Crippen LogP contribution in [0.2, 0.25) is 0 Å². The lowest BCUT2D eigenvalue weighted by molar-refractivity contribution is 0.292. The molecule has 1 fully saturated rings. The summed E-state index contributed by atoms with van der Waals surface area (Å²) in [5.41, 5.74) is 6.06. The van der Waals surface area contributed by atoms with Crippen molar-refractivity contribution in [1.82, 2.24) is 15.0 Å². The number of aromatic nitrogens is 3. The molecule has 0 amide bonds. The zero-order chi connectivity index (χ0) is 13.9. The predicted molar refractivity (Wildman–Crippen MR) is 75.0 cm³/mol. The van der Waals surface area contributed by atoms with Crippen molar-refractivity contribution in [2.75, 3.05) is 24.2 Å². The van der Waals surface area contributed by atoms with Gasteiger partial charge in [-0.2, -0.15) is 15.0 Å². The first kappa shape index (κ1) is 13.8. The van der Waals surface area contributed by atoms with E-state index in [1.807, 2.05) is 6.92 Å². The number of nitrogens with one attached hydrogen (secondary N) is 1. The highest BCUT2D eigenvalue weighted by atomic mass is 16.5. The molecule has 1 heterocycles. The Labute approximate surface area is 114 Å². The average Bonchev–Trinajstić information content (AvgIpc) is 3.14. The predicted octanol–water partition coefficient (Wildman–Crippen LogP) is 2.09. The summed E-state index contributed by atoms with van der Waals surface area (Å²) in [6, 6.07) is 0.297. The van der Waals surface area contributed by atoms with Gasteiger partial charge in [0.2, 0.25) is 11.9 Å². The Morgan fingerprint density at radius 1 is 1.32 bits per heavy atom. The second kappa shape index (κ2) is 5.59. The Bertz CT molecular complexity index is 431. The van der Waals surface area contributed by atoms with E-state index in [9.17, 15) is 0 Å². The van der Waals surface area contributed by atoms with Crippen LogP contribution in [0.15, 0.2) is 0 Å². The fourth-order valence-electron chi connectivity index (χ4n) is 2.08. The fourth-order valence-corrected chi connectivity index (χ4v) is 2.08. The topological polar surface area (TPSA) is 86.0 Å². The number of nitrogens with zero attached hydrogens (tertiary/aromatic N) is 3. The van der Waals surface area contributed by atoms with Crippen molar-refractivity contribution in [2.45, 2.75) is 40.0 Å². The first-order valence-electron chi connectivity index (χ1n) is 6.94. The summed E-state index contributed by atoms with van der Waals surface area (Å²) in [5.74, 6) is 1.36. The number of nitrogens with two attached hydrogens (primary N) is 1. The van der Waals surface area contributed by atoms with Crippen molar-refractivity contribution in [3.05, 3.63) is 0 Å². The van der Waals surface area contributed by atoms with E-state index in [-0.39, 0.29) is 5.95 Å². The van der Waals surface area contributed by atoms with Gasteiger partial charge in [-0.3, -0.25) is 0 Å². The highest BCUT2D eigenvalue weighted by Crippen LogP contribution is 2.51. The van der Waals surface area contributed by atoms with Crippen LogP contribution in [0.3, 0.4) is 0 Å². The summed E-state index contributed by atoms with van der Waals surface area (Å²) in [7, 11) is 0. The minimum Gasteiger partial charge on any atom is -0.463 e. The normalized spacial score (nSPS) is 16.4. The van der Waals surface area contributed by atoms with Crippen LogP contribution in [0.5, 0.6) is 6.01 Å². The Balaban J connectivity index is 1.98. The maximum absolute atomic E-state index is 5.66. The van der Waals surface area contributed by atoms with Crippen LogP contribution in [0.4, 0.5) is 11.9 Å². The molecule has 1 aromatic heterocycles. The van der Waals surface area contributed by atoms with Gasteiger partial charge >= 0.3 is 6.01 Å². The van der Waals surface area contributed by atoms with Crippen molar-refractivity contribution in [1.29, 1.82) is 0 Å². The van der Waals surface area contributed by atoms with Crippen LogP contribution in [0, 0.1) is 11.3 Å². The van der Waals surface area contributed by atoms with Crippen molar-refractivity contribution in [2.24, 2.45) is 11.3 Å². The second-order valence-corrected chi connectivity index (χ2v) is 5.52. The molecule has 0 unspecified atom stereocenters. The molecule has 0 aliphatic heterocycles. The third-order valence-corrected chi connectivity index (χ3v) is 3.78. The van der Waals surface area contributed by atoms with Gasteiger partial charge in [0.1, 0.15) is 0 Å². The SMILES string of the molecule is CCCOc1nc(N)nc(NCC2(C(C)C)CC2)n1. The van der Waals surface area contributed by atoms with E-state index in [0.29, 0.717) is 29.9 Å². The molecule has 0 radical (unpaired) electrons. The Morgan fingerprint density at radius 2 is 2.05 bits per heavy atom. The van der Waals surface area contributed by atoms with E-state index in [1.54, 1.807) is 0 Å². The highest BCUT2D eigenvalue weighted by Gasteiger charge is 2.45. The molecule has 0 saturated heterocycles. The van der Waals surface area contributed by atoms with E-state index in [0.717, 1.165) is 13.0 Å². The van der Waals surface area contributed by atoms with Crippen LogP contribution in [0.1, 0.15) is 40.0 Å². The smallest absolute Gasteiger partial charge is 0.323 e. The van der Waals surface area contributed by atoms with Crippen LogP contribution in [-0.4, -0.2) is 28.1 Å². The van der Waals surface area contributed by atoms with Gasteiger partial charge < -0.3 is 15.8 Å². The lowest BCUT2D eigenvalue weighted by Gasteiger charge is -2.20. The van der Waals surface area contributed by atoms with Crippen LogP contribution < -0.4 is 15.8 Å². The van der Waals surface area contributed by atoms with Gasteiger partial charge in [0.15, 0.2) is 0 Å². The molecule has 0 aromatic carbocycles. The summed E-state index contributed by atoms with van der Waals surface area (Å²) in [5, 5.41) is 3.26. The largest absolute Gasteiger partial charge is 0.463 e. The van der Waals surface area contributed by atoms with Crippen molar-refractivity contribution < 1.29 is 4.74 Å². The third kappa shape index (κ3) is 3.45. The van der Waals surface area contributed by atoms with Crippen molar-refractivity contribution in [3.8, 4) is 6.01 Å². The van der Waals surface area contributed by atoms with Gasteiger partial charge in [-0.05, 0) is 30.6 Å². The Morgan fingerprint density at radius 3 is 2.63 bits per heavy atom. The minimum atomic E-state index is 0.193. The molecule has 3 N–H and O–H groups in total. The zero-order valence-corrected chi connectivity index (χ0v) is 11.9. The monoisotopic (exact) mass is 265 g/mol. The molecule has 0 bridgehead atoms. The van der Waals surface area contributed by atoms with Gasteiger partial charge in [0, 0.05) is 6.54 Å². The van der Waals surface area contributed by atoms with E-state index in [2.05, 4.69) is 34.1 Å². The molecule has 1 aliphatic carbocycles. The maximum Gasteiger partial charge on any atom is 0.323 e. The van der Waals surface area contributed by atoms with Crippen molar-refractivity contribution >= 4 is 11.9 Å². The molecular formula is C13H23N5O. The first-order valence-corrected chi connectivity index (χ1v) is 6.94. The van der Waals surface area contributed by atoms with E-state index in [1.165, 1.54) is 12.8 Å². The van der Waals surface area contributed by atoms with E-state index in [4.69, 9.17) is 10.5 Å². The molecule has 2 rings (SSSR count). The molecular weight excluding hydrogens is 242 g/mol. The van der Waals surface area contributed by atoms with E-state index >= 15 is 0 Å². The fraction of sp³-hybridized carbons (Fsp3) is 0.769. The maximum atomic E-state index is 5.66. The van der Waals surface area contributed by atoms with Crippen molar-refractivity contribution in [3.63, 3.8) is 0 Å². The lowest BCUT2D eigenvalue weighted by atomic mass is 9.92. The molecule has 6 nitrogen and oxygen atoms in total. The lowest BCUT2D eigenvalue weighted by Crippen LogP contribution is -2.22. The Kier molecular flexibility index (Phi) is 4.07. The third-order valence-electron chi connectivity index (χ3n) is 3.78. The molecule has 0 atom stereocenters. The number of rotatable bonds is 7. The number of hydrogen-bond donors (Lipinski definition) is 2. The molecule has 6 heteroatoms. The molecule has 1 aliphatic rings. The summed E-state index contributed by atoms with van der Waals surface area (Å²) in [6.07, 6.45) is 3.43. The summed E-state index contributed by atoms with van der Waals surface area (Å²) < 4.78 is 5.39. The number of anilines is 2. The van der Waals surface area contributed by atoms with Gasteiger partial charge in [-0.15, -0.1) is 0 Å². The number of nitrogen functional groups attached to an aromatic ring is 1. The van der Waals surface area contributed by atoms with Crippen LogP contribution >= 0.6 is 0 Å². The highest BCUT2D eigenvalue weighted by molar-refractivity contribution is 5.33. The standard InChI is InChI=1S/C13H23N5O/c1-4-7-19-12-17-10(14)16-11(18-12)15-8-13(5-6-13)9(2)3/h9H,4-8H2,1-3H3,(H3,14,15,16,17,18). The Hall–Kier alpha value is -1.59. The molecule has 106 valence electrons. The summed E-state index contributed by atoms with van der Waals surface area (Å²) in [6.45, 7) is 8.00. The van der Waals surface area contributed by atoms with Crippen LogP contribution in [0.25, 0.3) is 0 Å². The van der Waals surface area contributed by atoms with Gasteiger partial charge in [-0.1, -0.05) is 20.8 Å². The molecule has 1 aromatic rings. The second-order valence-electron chi connectivity index (χ2n) is 5.52. The summed E-state index contributed by atoms with van der Waals surface area (Å²) in [4.78, 5) is 12.3. The number of hydrogen-bond acceptors (Lipinski definition) is 6. The van der Waals surface area contributed by atoms with Crippen LogP contribution in [-0.2, 0) is 0 Å². The zero-order valence-electron chi connectivity index (χ0n) is 11.9. The molecule has 19 heavy (non-hydrogen) atoms.